The van der Waals surface area contributed by atoms with Crippen LogP contribution in [-0.2, 0) is 0 Å². The van der Waals surface area contributed by atoms with Crippen LogP contribution >= 0.6 is 0 Å². The molecule has 0 spiro atoms. The largest absolute Gasteiger partial charge is 0.345 e. The summed E-state index contributed by atoms with van der Waals surface area (Å²) in [6.07, 6.45) is 3.45. The minimum absolute atomic E-state index is 0.0880. The molecule has 0 saturated carbocycles. The molecule has 2 aromatic heterocycles. The Labute approximate surface area is 157 Å². The minimum Gasteiger partial charge on any atom is -0.345 e. The number of amides is 1. The van der Waals surface area contributed by atoms with Crippen molar-refractivity contribution in [2.75, 3.05) is 0 Å². The number of nitrogens with zero attached hydrogens (tertiary/aromatic N) is 2. The number of nitrogens with one attached hydrogen (secondary N) is 1. The molecule has 27 heavy (non-hydrogen) atoms. The lowest BCUT2D eigenvalue weighted by molar-refractivity contribution is 0.0941. The molecule has 1 N–H and O–H groups in total. The lowest BCUT2D eigenvalue weighted by Crippen LogP contribution is -2.27. The molecule has 0 fully saturated rings. The Kier molecular flexibility index (Phi) is 4.62. The van der Waals surface area contributed by atoms with E-state index in [4.69, 9.17) is 4.98 Å². The Morgan fingerprint density at radius 1 is 0.926 bits per heavy atom. The number of rotatable bonds is 4. The van der Waals surface area contributed by atoms with Gasteiger partial charge in [0.1, 0.15) is 0 Å². The van der Waals surface area contributed by atoms with Crippen LogP contribution in [0, 0.1) is 0 Å². The molecule has 1 amide bonds. The molecule has 0 aliphatic carbocycles. The van der Waals surface area contributed by atoms with Gasteiger partial charge in [-0.1, -0.05) is 48.5 Å². The highest BCUT2D eigenvalue weighted by Gasteiger charge is 2.16. The number of fused-ring (bicyclic) bond motifs is 1. The average Bonchev–Trinajstić information content (AvgIpc) is 2.74. The van der Waals surface area contributed by atoms with Crippen molar-refractivity contribution in [2.45, 2.75) is 13.0 Å². The zero-order chi connectivity index (χ0) is 18.6. The molecule has 0 unspecified atom stereocenters. The van der Waals surface area contributed by atoms with Gasteiger partial charge in [0.25, 0.3) is 5.91 Å². The van der Waals surface area contributed by atoms with Gasteiger partial charge in [-0.3, -0.25) is 9.78 Å². The van der Waals surface area contributed by atoms with Crippen molar-refractivity contribution in [3.8, 4) is 11.3 Å². The number of hydrogen-bond acceptors (Lipinski definition) is 3. The predicted molar refractivity (Wildman–Crippen MR) is 107 cm³/mol. The third-order valence-electron chi connectivity index (χ3n) is 4.58. The predicted octanol–water partition coefficient (Wildman–Crippen LogP) is 4.79. The quantitative estimate of drug-likeness (QED) is 0.574. The molecule has 1 atom stereocenters. The van der Waals surface area contributed by atoms with Crippen molar-refractivity contribution >= 4 is 16.8 Å². The van der Waals surface area contributed by atoms with E-state index in [1.165, 1.54) is 0 Å². The summed E-state index contributed by atoms with van der Waals surface area (Å²) in [5.74, 6) is -0.111. The highest BCUT2D eigenvalue weighted by molar-refractivity contribution is 6.07. The molecule has 0 radical (unpaired) electrons. The van der Waals surface area contributed by atoms with Gasteiger partial charge in [0.2, 0.25) is 0 Å². The van der Waals surface area contributed by atoms with Crippen LogP contribution in [0.5, 0.6) is 0 Å². The van der Waals surface area contributed by atoms with Crippen LogP contribution in [0.4, 0.5) is 0 Å². The second-order valence-corrected chi connectivity index (χ2v) is 6.41. The summed E-state index contributed by atoms with van der Waals surface area (Å²) in [4.78, 5) is 21.8. The number of hydrogen-bond donors (Lipinski definition) is 1. The molecule has 2 heterocycles. The normalized spacial score (nSPS) is 11.9. The lowest BCUT2D eigenvalue weighted by atomic mass is 10.0. The summed E-state index contributed by atoms with van der Waals surface area (Å²) in [5, 5.41) is 3.95. The van der Waals surface area contributed by atoms with Gasteiger partial charge in [0.05, 0.1) is 22.8 Å². The molecule has 0 aliphatic rings. The van der Waals surface area contributed by atoms with E-state index in [1.54, 1.807) is 12.4 Å². The Hall–Kier alpha value is -3.53. The van der Waals surface area contributed by atoms with Crippen molar-refractivity contribution < 1.29 is 4.79 Å². The molecular weight excluding hydrogens is 334 g/mol. The first kappa shape index (κ1) is 16.9. The fourth-order valence-corrected chi connectivity index (χ4v) is 3.13. The van der Waals surface area contributed by atoms with Crippen LogP contribution in [0.25, 0.3) is 22.2 Å². The van der Waals surface area contributed by atoms with Gasteiger partial charge < -0.3 is 5.32 Å². The first-order chi connectivity index (χ1) is 13.2. The SMILES string of the molecule is C[C@@H](NC(=O)c1cc(-c2ccncc2)nc2ccccc12)c1ccccc1. The van der Waals surface area contributed by atoms with Crippen LogP contribution < -0.4 is 5.32 Å². The van der Waals surface area contributed by atoms with Gasteiger partial charge in [-0.2, -0.15) is 0 Å². The Morgan fingerprint density at radius 3 is 2.41 bits per heavy atom. The van der Waals surface area contributed by atoms with Crippen molar-refractivity contribution in [1.29, 1.82) is 0 Å². The molecule has 4 rings (SSSR count). The molecule has 0 aliphatic heterocycles. The average molecular weight is 353 g/mol. The van der Waals surface area contributed by atoms with Gasteiger partial charge in [-0.25, -0.2) is 4.98 Å². The highest BCUT2D eigenvalue weighted by atomic mass is 16.1. The van der Waals surface area contributed by atoms with E-state index >= 15 is 0 Å². The number of para-hydroxylation sites is 1. The zero-order valence-corrected chi connectivity index (χ0v) is 15.0. The van der Waals surface area contributed by atoms with Crippen molar-refractivity contribution in [1.82, 2.24) is 15.3 Å². The summed E-state index contributed by atoms with van der Waals surface area (Å²) in [5.41, 5.74) is 4.17. The summed E-state index contributed by atoms with van der Waals surface area (Å²) >= 11 is 0. The number of carbonyl (C=O) groups excluding carboxylic acids is 1. The molecule has 4 aromatic rings. The summed E-state index contributed by atoms with van der Waals surface area (Å²) in [6.45, 7) is 1.99. The third-order valence-corrected chi connectivity index (χ3v) is 4.58. The van der Waals surface area contributed by atoms with Gasteiger partial charge in [-0.05, 0) is 36.8 Å². The number of aromatic nitrogens is 2. The summed E-state index contributed by atoms with van der Waals surface area (Å²) in [6, 6.07) is 23.2. The second-order valence-electron chi connectivity index (χ2n) is 6.41. The molecule has 4 nitrogen and oxygen atoms in total. The number of pyridine rings is 2. The minimum atomic E-state index is -0.111. The molecule has 0 saturated heterocycles. The van der Waals surface area contributed by atoms with Gasteiger partial charge in [0.15, 0.2) is 0 Å². The maximum atomic E-state index is 13.1. The summed E-state index contributed by atoms with van der Waals surface area (Å²) in [7, 11) is 0. The van der Waals surface area contributed by atoms with Gasteiger partial charge in [0, 0.05) is 23.3 Å². The van der Waals surface area contributed by atoms with Gasteiger partial charge in [-0.15, -0.1) is 0 Å². The summed E-state index contributed by atoms with van der Waals surface area (Å²) < 4.78 is 0. The van der Waals surface area contributed by atoms with E-state index in [0.29, 0.717) is 5.56 Å². The second kappa shape index (κ2) is 7.38. The standard InChI is InChI=1S/C23H19N3O/c1-16(17-7-3-2-4-8-17)25-23(27)20-15-22(18-11-13-24-14-12-18)26-21-10-6-5-9-19(20)21/h2-16H,1H3,(H,25,27)/t16-/m1/s1. The van der Waals surface area contributed by atoms with E-state index in [0.717, 1.165) is 27.7 Å². The Balaban J connectivity index is 1.74. The fourth-order valence-electron chi connectivity index (χ4n) is 3.13. The van der Waals surface area contributed by atoms with Crippen LogP contribution in [0.3, 0.4) is 0 Å². The number of benzene rings is 2. The van der Waals surface area contributed by atoms with E-state index in [1.807, 2.05) is 79.7 Å². The van der Waals surface area contributed by atoms with Crippen molar-refractivity contribution in [3.63, 3.8) is 0 Å². The van der Waals surface area contributed by atoms with Crippen molar-refractivity contribution in [3.05, 3.63) is 96.3 Å². The lowest BCUT2D eigenvalue weighted by Gasteiger charge is -2.16. The van der Waals surface area contributed by atoms with E-state index in [9.17, 15) is 4.79 Å². The molecule has 132 valence electrons. The Bertz CT molecular complexity index is 1080. The van der Waals surface area contributed by atoms with Crippen LogP contribution in [0.2, 0.25) is 0 Å². The smallest absolute Gasteiger partial charge is 0.252 e. The Morgan fingerprint density at radius 2 is 1.63 bits per heavy atom. The maximum Gasteiger partial charge on any atom is 0.252 e. The van der Waals surface area contributed by atoms with Crippen molar-refractivity contribution in [2.24, 2.45) is 0 Å². The molecule has 0 bridgehead atoms. The molecule has 2 aromatic carbocycles. The van der Waals surface area contributed by atoms with E-state index in [-0.39, 0.29) is 11.9 Å². The van der Waals surface area contributed by atoms with Crippen LogP contribution in [0.15, 0.2) is 85.2 Å². The van der Waals surface area contributed by atoms with E-state index < -0.39 is 0 Å². The van der Waals surface area contributed by atoms with Crippen LogP contribution in [0.1, 0.15) is 28.9 Å². The number of carbonyl (C=O) groups is 1. The first-order valence-electron chi connectivity index (χ1n) is 8.88. The monoisotopic (exact) mass is 353 g/mol. The zero-order valence-electron chi connectivity index (χ0n) is 15.0. The van der Waals surface area contributed by atoms with Gasteiger partial charge >= 0.3 is 0 Å². The van der Waals surface area contributed by atoms with Crippen LogP contribution in [-0.4, -0.2) is 15.9 Å². The third kappa shape index (κ3) is 3.55. The fraction of sp³-hybridized carbons (Fsp3) is 0.0870. The highest BCUT2D eigenvalue weighted by Crippen LogP contribution is 2.25. The molecule has 4 heteroatoms. The maximum absolute atomic E-state index is 13.1. The topological polar surface area (TPSA) is 54.9 Å². The van der Waals surface area contributed by atoms with E-state index in [2.05, 4.69) is 10.3 Å². The molecular formula is C23H19N3O. The first-order valence-corrected chi connectivity index (χ1v) is 8.88.